The van der Waals surface area contributed by atoms with E-state index in [1.165, 1.54) is 23.3 Å². The van der Waals surface area contributed by atoms with E-state index in [9.17, 15) is 0 Å². The van der Waals surface area contributed by atoms with Gasteiger partial charge in [0.25, 0.3) is 0 Å². The second-order valence-corrected chi connectivity index (χ2v) is 8.02. The lowest BCUT2D eigenvalue weighted by Crippen LogP contribution is -3.09. The third kappa shape index (κ3) is 4.13. The molecule has 1 fully saturated rings. The maximum atomic E-state index is 5.71. The van der Waals surface area contributed by atoms with Crippen LogP contribution in [-0.4, -0.2) is 34.6 Å². The predicted octanol–water partition coefficient (Wildman–Crippen LogP) is 3.40. The number of nitrogens with one attached hydrogen (secondary N) is 1. The fourth-order valence-corrected chi connectivity index (χ4v) is 4.43. The van der Waals surface area contributed by atoms with Crippen LogP contribution in [0.1, 0.15) is 31.4 Å². The Bertz CT molecular complexity index is 1040. The standard InChI is InChI=1S/C23H28N4O2S/c1-4-29-20-13-7-17(8-14-20)21-6-5-15-26(21)16-27-23(30)25(2)22(24-27)18-9-11-19(28-3)12-10-18/h7-14,21H,4-6,15-16H2,1-3H3/p+1/t21-/m1/s1. The van der Waals surface area contributed by atoms with Crippen molar-refractivity contribution in [2.45, 2.75) is 32.5 Å². The van der Waals surface area contributed by atoms with Gasteiger partial charge in [-0.15, -0.1) is 5.10 Å². The van der Waals surface area contributed by atoms with Crippen LogP contribution in [0.15, 0.2) is 48.5 Å². The number of methoxy groups -OCH3 is 1. The molecule has 0 aliphatic carbocycles. The quantitative estimate of drug-likeness (QED) is 0.590. The van der Waals surface area contributed by atoms with Crippen LogP contribution in [0.25, 0.3) is 11.4 Å². The first-order valence-electron chi connectivity index (χ1n) is 10.5. The number of quaternary nitrogens is 1. The Labute approximate surface area is 182 Å². The number of hydrogen-bond donors (Lipinski definition) is 1. The van der Waals surface area contributed by atoms with Crippen molar-refractivity contribution < 1.29 is 14.4 Å². The molecule has 2 heterocycles. The van der Waals surface area contributed by atoms with Gasteiger partial charge >= 0.3 is 0 Å². The average Bonchev–Trinajstić information content (AvgIpc) is 3.35. The molecular formula is C23H29N4O2S+. The zero-order valence-electron chi connectivity index (χ0n) is 17.8. The van der Waals surface area contributed by atoms with Gasteiger partial charge in [-0.3, -0.25) is 0 Å². The molecular weight excluding hydrogens is 396 g/mol. The molecule has 1 unspecified atom stereocenters. The Hall–Kier alpha value is -2.64. The minimum Gasteiger partial charge on any atom is -0.497 e. The highest BCUT2D eigenvalue weighted by atomic mass is 32.1. The van der Waals surface area contributed by atoms with Crippen LogP contribution in [-0.2, 0) is 13.7 Å². The van der Waals surface area contributed by atoms with Gasteiger partial charge in [-0.2, -0.15) is 4.68 Å². The highest BCUT2D eigenvalue weighted by molar-refractivity contribution is 7.71. The van der Waals surface area contributed by atoms with Gasteiger partial charge in [-0.25, -0.2) is 0 Å². The van der Waals surface area contributed by atoms with Gasteiger partial charge in [-0.05, 0) is 67.7 Å². The summed E-state index contributed by atoms with van der Waals surface area (Å²) in [7, 11) is 3.65. The molecule has 0 bridgehead atoms. The third-order valence-corrected chi connectivity index (χ3v) is 6.30. The largest absolute Gasteiger partial charge is 0.497 e. The van der Waals surface area contributed by atoms with Crippen molar-refractivity contribution in [2.24, 2.45) is 7.05 Å². The summed E-state index contributed by atoms with van der Waals surface area (Å²) in [6, 6.07) is 16.9. The van der Waals surface area contributed by atoms with E-state index in [1.54, 1.807) is 7.11 Å². The van der Waals surface area contributed by atoms with E-state index in [4.69, 9.17) is 26.8 Å². The molecule has 6 nitrogen and oxygen atoms in total. The molecule has 0 spiro atoms. The molecule has 0 amide bonds. The molecule has 1 N–H and O–H groups in total. The van der Waals surface area contributed by atoms with E-state index in [0.717, 1.165) is 40.9 Å². The van der Waals surface area contributed by atoms with E-state index < -0.39 is 0 Å². The fourth-order valence-electron chi connectivity index (χ4n) is 4.24. The zero-order chi connectivity index (χ0) is 21.1. The molecule has 0 radical (unpaired) electrons. The summed E-state index contributed by atoms with van der Waals surface area (Å²) in [6.07, 6.45) is 2.38. The van der Waals surface area contributed by atoms with Gasteiger partial charge in [0.15, 0.2) is 12.5 Å². The van der Waals surface area contributed by atoms with Gasteiger partial charge in [-0.1, -0.05) is 0 Å². The van der Waals surface area contributed by atoms with Gasteiger partial charge < -0.3 is 18.9 Å². The summed E-state index contributed by atoms with van der Waals surface area (Å²) in [5.41, 5.74) is 2.38. The first-order valence-corrected chi connectivity index (χ1v) is 10.9. The first kappa shape index (κ1) is 20.6. The Kier molecular flexibility index (Phi) is 6.20. The molecule has 0 saturated carbocycles. The molecule has 2 atom stereocenters. The predicted molar refractivity (Wildman–Crippen MR) is 119 cm³/mol. The lowest BCUT2D eigenvalue weighted by Gasteiger charge is -2.21. The number of hydrogen-bond acceptors (Lipinski definition) is 4. The Morgan fingerprint density at radius 3 is 2.47 bits per heavy atom. The van der Waals surface area contributed by atoms with E-state index >= 15 is 0 Å². The van der Waals surface area contributed by atoms with Gasteiger partial charge in [0.05, 0.1) is 20.3 Å². The molecule has 7 heteroatoms. The second-order valence-electron chi connectivity index (χ2n) is 7.66. The lowest BCUT2D eigenvalue weighted by atomic mass is 10.0. The highest BCUT2D eigenvalue weighted by Gasteiger charge is 2.31. The van der Waals surface area contributed by atoms with Crippen molar-refractivity contribution in [1.82, 2.24) is 14.3 Å². The summed E-state index contributed by atoms with van der Waals surface area (Å²) in [5, 5.41) is 4.86. The number of benzene rings is 2. The summed E-state index contributed by atoms with van der Waals surface area (Å²) < 4.78 is 15.5. The number of ether oxygens (including phenoxy) is 2. The number of likely N-dealkylation sites (tertiary alicyclic amines) is 1. The highest BCUT2D eigenvalue weighted by Crippen LogP contribution is 2.23. The summed E-state index contributed by atoms with van der Waals surface area (Å²) in [6.45, 7) is 4.58. The number of nitrogens with zero attached hydrogens (tertiary/aromatic N) is 3. The third-order valence-electron chi connectivity index (χ3n) is 5.82. The van der Waals surface area contributed by atoms with Crippen LogP contribution in [0.5, 0.6) is 11.5 Å². The maximum absolute atomic E-state index is 5.71. The van der Waals surface area contributed by atoms with E-state index in [1.807, 2.05) is 47.5 Å². The second kappa shape index (κ2) is 9.02. The average molecular weight is 426 g/mol. The van der Waals surface area contributed by atoms with E-state index in [0.29, 0.717) is 12.6 Å². The summed E-state index contributed by atoms with van der Waals surface area (Å²) >= 11 is 5.71. The van der Waals surface area contributed by atoms with Crippen molar-refractivity contribution >= 4 is 12.2 Å². The molecule has 3 aromatic rings. The van der Waals surface area contributed by atoms with Crippen molar-refractivity contribution in [2.75, 3.05) is 20.3 Å². The maximum Gasteiger partial charge on any atom is 0.202 e. The fraction of sp³-hybridized carbons (Fsp3) is 0.391. The van der Waals surface area contributed by atoms with Crippen LogP contribution in [0.3, 0.4) is 0 Å². The van der Waals surface area contributed by atoms with Crippen molar-refractivity contribution in [1.29, 1.82) is 0 Å². The monoisotopic (exact) mass is 425 g/mol. The molecule has 158 valence electrons. The summed E-state index contributed by atoms with van der Waals surface area (Å²) in [5.74, 6) is 2.63. The molecule has 1 aliphatic rings. The summed E-state index contributed by atoms with van der Waals surface area (Å²) in [4.78, 5) is 1.50. The normalized spacial score (nSPS) is 18.5. The smallest absolute Gasteiger partial charge is 0.202 e. The minimum absolute atomic E-state index is 0.453. The van der Waals surface area contributed by atoms with E-state index in [-0.39, 0.29) is 0 Å². The van der Waals surface area contributed by atoms with Gasteiger partial charge in [0.1, 0.15) is 17.5 Å². The zero-order valence-corrected chi connectivity index (χ0v) is 18.6. The number of aromatic nitrogens is 3. The topological polar surface area (TPSA) is 45.6 Å². The molecule has 30 heavy (non-hydrogen) atoms. The molecule has 4 rings (SSSR count). The Morgan fingerprint density at radius 2 is 1.80 bits per heavy atom. The molecule has 2 aromatic carbocycles. The first-order chi connectivity index (χ1) is 14.6. The van der Waals surface area contributed by atoms with Crippen LogP contribution in [0.2, 0.25) is 0 Å². The van der Waals surface area contributed by atoms with Crippen molar-refractivity contribution in [3.63, 3.8) is 0 Å². The molecule has 1 saturated heterocycles. The molecule has 1 aromatic heterocycles. The SMILES string of the molecule is CCOc1ccc([C@H]2CCC[NH+]2Cn2nc(-c3ccc(OC)cc3)n(C)c2=S)cc1. The van der Waals surface area contributed by atoms with Gasteiger partial charge in [0.2, 0.25) is 4.77 Å². The minimum atomic E-state index is 0.453. The van der Waals surface area contributed by atoms with Crippen LogP contribution in [0, 0.1) is 4.77 Å². The molecule has 1 aliphatic heterocycles. The van der Waals surface area contributed by atoms with Gasteiger partial charge in [0, 0.05) is 31.0 Å². The van der Waals surface area contributed by atoms with Crippen LogP contribution in [0.4, 0.5) is 0 Å². The van der Waals surface area contributed by atoms with Crippen molar-refractivity contribution in [3.8, 4) is 22.9 Å². The van der Waals surface area contributed by atoms with E-state index in [2.05, 4.69) is 24.3 Å². The van der Waals surface area contributed by atoms with Crippen molar-refractivity contribution in [3.05, 3.63) is 58.9 Å². The lowest BCUT2D eigenvalue weighted by molar-refractivity contribution is -0.941. The Balaban J connectivity index is 1.55. The van der Waals surface area contributed by atoms with Crippen LogP contribution >= 0.6 is 12.2 Å². The Morgan fingerprint density at radius 1 is 1.10 bits per heavy atom. The number of rotatable bonds is 7. The van der Waals surface area contributed by atoms with Crippen LogP contribution < -0.4 is 14.4 Å².